The van der Waals surface area contributed by atoms with Crippen molar-refractivity contribution in [3.05, 3.63) is 99.9 Å². The molecule has 2 aromatic carbocycles. The number of nitro benzene ring substituents is 1. The van der Waals surface area contributed by atoms with E-state index >= 15 is 0 Å². The van der Waals surface area contributed by atoms with E-state index in [4.69, 9.17) is 0 Å². The lowest BCUT2D eigenvalue weighted by Crippen LogP contribution is -2.45. The van der Waals surface area contributed by atoms with E-state index in [0.29, 0.717) is 17.8 Å². The molecule has 11 nitrogen and oxygen atoms in total. The summed E-state index contributed by atoms with van der Waals surface area (Å²) in [5, 5.41) is 35.5. The molecule has 0 spiro atoms. The van der Waals surface area contributed by atoms with Gasteiger partial charge < -0.3 is 5.11 Å². The number of hydrogen-bond donors (Lipinski definition) is 1. The number of aromatic nitrogens is 6. The van der Waals surface area contributed by atoms with Crippen molar-refractivity contribution < 1.29 is 18.8 Å². The zero-order valence-electron chi connectivity index (χ0n) is 20.8. The molecule has 0 aliphatic heterocycles. The van der Waals surface area contributed by atoms with Gasteiger partial charge in [-0.1, -0.05) is 42.8 Å². The molecule has 4 aromatic rings. The van der Waals surface area contributed by atoms with Crippen LogP contribution in [0.15, 0.2) is 61.3 Å². The summed E-state index contributed by atoms with van der Waals surface area (Å²) in [6, 6.07) is 9.50. The lowest BCUT2D eigenvalue weighted by molar-refractivity contribution is -0.385. The summed E-state index contributed by atoms with van der Waals surface area (Å²) in [4.78, 5) is 16.7. The highest BCUT2D eigenvalue weighted by Crippen LogP contribution is 2.28. The van der Waals surface area contributed by atoms with Crippen LogP contribution in [0, 0.1) is 21.7 Å². The monoisotopic (exact) mass is 526 g/mol. The average Bonchev–Trinajstić information content (AvgIpc) is 3.54. The Morgan fingerprint density at radius 1 is 1.18 bits per heavy atom. The van der Waals surface area contributed by atoms with Crippen molar-refractivity contribution in [1.29, 1.82) is 0 Å². The van der Waals surface area contributed by atoms with Gasteiger partial charge >= 0.3 is 0 Å². The first-order valence-corrected chi connectivity index (χ1v) is 12.1. The van der Waals surface area contributed by atoms with Gasteiger partial charge in [-0.25, -0.2) is 23.1 Å². The first-order valence-electron chi connectivity index (χ1n) is 12.1. The molecule has 38 heavy (non-hydrogen) atoms. The fourth-order valence-corrected chi connectivity index (χ4v) is 4.35. The molecule has 200 valence electrons. The predicted octanol–water partition coefficient (Wildman–Crippen LogP) is 3.29. The van der Waals surface area contributed by atoms with Crippen molar-refractivity contribution in [3.63, 3.8) is 0 Å². The summed E-state index contributed by atoms with van der Waals surface area (Å²) >= 11 is 0. The first-order chi connectivity index (χ1) is 18.3. The van der Waals surface area contributed by atoms with Crippen LogP contribution in [0.2, 0.25) is 0 Å². The van der Waals surface area contributed by atoms with E-state index in [1.54, 1.807) is 24.4 Å². The summed E-state index contributed by atoms with van der Waals surface area (Å²) < 4.78 is 31.4. The van der Waals surface area contributed by atoms with Crippen molar-refractivity contribution >= 4 is 5.69 Å². The number of benzene rings is 2. The number of rotatable bonds is 13. The van der Waals surface area contributed by atoms with Gasteiger partial charge in [0.2, 0.25) is 0 Å². The molecule has 0 amide bonds. The molecule has 0 bridgehead atoms. The van der Waals surface area contributed by atoms with Crippen molar-refractivity contribution in [1.82, 2.24) is 34.7 Å². The number of nitrogens with zero attached hydrogens (tertiary/aromatic N) is 8. The van der Waals surface area contributed by atoms with E-state index in [2.05, 4.69) is 20.4 Å². The Bertz CT molecular complexity index is 1360. The van der Waals surface area contributed by atoms with Gasteiger partial charge in [-0.15, -0.1) is 5.10 Å². The van der Waals surface area contributed by atoms with Crippen LogP contribution in [-0.2, 0) is 25.2 Å². The zero-order valence-corrected chi connectivity index (χ0v) is 20.8. The largest absolute Gasteiger partial charge is 0.382 e. The quantitative estimate of drug-likeness (QED) is 0.208. The molecule has 2 heterocycles. The Balaban J connectivity index is 1.57. The summed E-state index contributed by atoms with van der Waals surface area (Å²) in [6.45, 7) is 2.92. The number of nitro groups is 1. The third-order valence-corrected chi connectivity index (χ3v) is 6.13. The number of hydrogen-bond acceptors (Lipinski definition) is 8. The number of unbranched alkanes of at least 4 members (excludes halogenated alkanes) is 1. The normalized spacial score (nSPS) is 13.1. The Labute approximate surface area is 217 Å². The molecule has 0 aliphatic rings. The van der Waals surface area contributed by atoms with Gasteiger partial charge in [0.05, 0.1) is 35.5 Å². The highest BCUT2D eigenvalue weighted by Gasteiger charge is 2.35. The van der Waals surface area contributed by atoms with Crippen LogP contribution in [0.1, 0.15) is 36.6 Å². The van der Waals surface area contributed by atoms with Gasteiger partial charge in [0, 0.05) is 30.8 Å². The summed E-state index contributed by atoms with van der Waals surface area (Å²) in [7, 11) is 0. The van der Waals surface area contributed by atoms with Crippen molar-refractivity contribution in [2.75, 3.05) is 13.1 Å². The molecule has 0 saturated heterocycles. The lowest BCUT2D eigenvalue weighted by atomic mass is 9.92. The fourth-order valence-electron chi connectivity index (χ4n) is 4.35. The molecule has 0 fully saturated rings. The summed E-state index contributed by atoms with van der Waals surface area (Å²) in [5.74, 6) is -1.61. The van der Waals surface area contributed by atoms with Crippen molar-refractivity contribution in [3.8, 4) is 0 Å². The van der Waals surface area contributed by atoms with Crippen molar-refractivity contribution in [2.45, 2.75) is 45.0 Å². The van der Waals surface area contributed by atoms with Gasteiger partial charge in [-0.2, -0.15) is 5.10 Å². The third-order valence-electron chi connectivity index (χ3n) is 6.13. The van der Waals surface area contributed by atoms with Gasteiger partial charge in [-0.3, -0.25) is 15.0 Å². The minimum atomic E-state index is -1.76. The van der Waals surface area contributed by atoms with E-state index in [1.165, 1.54) is 34.2 Å². The first kappa shape index (κ1) is 26.9. The van der Waals surface area contributed by atoms with Crippen LogP contribution in [0.5, 0.6) is 0 Å². The molecular formula is C25H28F2N8O3. The van der Waals surface area contributed by atoms with Crippen LogP contribution in [-0.4, -0.2) is 57.8 Å². The van der Waals surface area contributed by atoms with Gasteiger partial charge in [-0.05, 0) is 19.0 Å². The molecular weight excluding hydrogens is 498 g/mol. The van der Waals surface area contributed by atoms with Gasteiger partial charge in [0.1, 0.15) is 29.9 Å². The average molecular weight is 527 g/mol. The molecule has 4 rings (SSSR count). The van der Waals surface area contributed by atoms with Crippen molar-refractivity contribution in [2.24, 2.45) is 0 Å². The van der Waals surface area contributed by atoms with E-state index < -0.39 is 22.2 Å². The second-order valence-corrected chi connectivity index (χ2v) is 9.11. The minimum Gasteiger partial charge on any atom is -0.382 e. The van der Waals surface area contributed by atoms with Crippen LogP contribution >= 0.6 is 0 Å². The minimum absolute atomic E-state index is 0.00591. The number of halogens is 2. The highest BCUT2D eigenvalue weighted by atomic mass is 19.1. The molecule has 0 radical (unpaired) electrons. The van der Waals surface area contributed by atoms with Crippen LogP contribution in [0.3, 0.4) is 0 Å². The molecule has 1 unspecified atom stereocenters. The maximum atomic E-state index is 14.9. The number of aliphatic hydroxyl groups is 1. The Morgan fingerprint density at radius 3 is 2.71 bits per heavy atom. The molecule has 1 N–H and O–H groups in total. The molecule has 1 atom stereocenters. The second kappa shape index (κ2) is 12.0. The summed E-state index contributed by atoms with van der Waals surface area (Å²) in [5.41, 5.74) is -0.766. The molecule has 0 aliphatic carbocycles. The van der Waals surface area contributed by atoms with E-state index in [9.17, 15) is 24.0 Å². The van der Waals surface area contributed by atoms with E-state index in [-0.39, 0.29) is 37.4 Å². The van der Waals surface area contributed by atoms with E-state index in [1.807, 2.05) is 11.8 Å². The lowest BCUT2D eigenvalue weighted by Gasteiger charge is -2.34. The summed E-state index contributed by atoms with van der Waals surface area (Å²) in [6.07, 6.45) is 6.09. The Morgan fingerprint density at radius 2 is 2.00 bits per heavy atom. The van der Waals surface area contributed by atoms with Gasteiger partial charge in [0.15, 0.2) is 0 Å². The topological polar surface area (TPSA) is 128 Å². The number of para-hydroxylation sites is 1. The van der Waals surface area contributed by atoms with Crippen LogP contribution < -0.4 is 0 Å². The Kier molecular flexibility index (Phi) is 8.48. The second-order valence-electron chi connectivity index (χ2n) is 9.11. The predicted molar refractivity (Wildman–Crippen MR) is 133 cm³/mol. The highest BCUT2D eigenvalue weighted by molar-refractivity contribution is 5.39. The molecule has 2 aromatic heterocycles. The van der Waals surface area contributed by atoms with Crippen LogP contribution in [0.25, 0.3) is 0 Å². The zero-order chi connectivity index (χ0) is 27.1. The van der Waals surface area contributed by atoms with Gasteiger partial charge in [0.25, 0.3) is 5.69 Å². The molecule has 13 heteroatoms. The molecule has 0 saturated carbocycles. The maximum absolute atomic E-state index is 14.9. The maximum Gasteiger partial charge on any atom is 0.274 e. The standard InChI is InChI=1S/C25H28F2N8O3/c1-2-3-10-32(13-21-14-33(31-30-21)12-19-6-4-5-7-24(19)35(37)38)15-25(36,16-34-18-28-17-29-34)22-9-8-20(26)11-23(22)27/h4-9,11,14,17-18,36H,2-3,10,12-13,15-16H2,1H3. The third kappa shape index (κ3) is 6.61. The smallest absolute Gasteiger partial charge is 0.274 e. The SMILES string of the molecule is CCCCN(Cc1cn(Cc2ccccc2[N+](=O)[O-])nn1)CC(O)(Cn1cncn1)c1ccc(F)cc1F. The van der Waals surface area contributed by atoms with E-state index in [0.717, 1.165) is 25.0 Å². The Hall–Kier alpha value is -4.10. The van der Waals surface area contributed by atoms with Crippen LogP contribution in [0.4, 0.5) is 14.5 Å². The fraction of sp³-hybridized carbons (Fsp3) is 0.360.